The predicted octanol–water partition coefficient (Wildman–Crippen LogP) is 3.35. The maximum absolute atomic E-state index is 11.8. The molecular weight excluding hydrogens is 493 g/mol. The molecular formula is C22H36IN5O2. The van der Waals surface area contributed by atoms with E-state index in [-0.39, 0.29) is 36.1 Å². The van der Waals surface area contributed by atoms with Crippen LogP contribution in [0.4, 0.5) is 10.5 Å². The standard InChI is InChI=1S/C22H35N5O2.HI/c1-3-23-21(24-16-20(17-10-11-17)26-22(28)29-4-2)25-18-12-14-27(15-13-18)19-8-6-5-7-9-19;/h5-9,17-18,20H,3-4,10-16H2,1-2H3,(H,26,28)(H2,23,24,25);1H. The van der Waals surface area contributed by atoms with E-state index in [1.807, 2.05) is 6.92 Å². The van der Waals surface area contributed by atoms with E-state index >= 15 is 0 Å². The normalized spacial score (nSPS) is 18.2. The summed E-state index contributed by atoms with van der Waals surface area (Å²) in [4.78, 5) is 19.0. The zero-order valence-electron chi connectivity index (χ0n) is 18.1. The van der Waals surface area contributed by atoms with Crippen LogP contribution in [0, 0.1) is 5.92 Å². The van der Waals surface area contributed by atoms with E-state index in [1.165, 1.54) is 5.69 Å². The molecule has 1 amide bonds. The van der Waals surface area contributed by atoms with Crippen LogP contribution in [0.5, 0.6) is 0 Å². The Morgan fingerprint density at radius 1 is 1.17 bits per heavy atom. The lowest BCUT2D eigenvalue weighted by molar-refractivity contribution is 0.147. The van der Waals surface area contributed by atoms with Crippen molar-refractivity contribution in [3.05, 3.63) is 30.3 Å². The highest BCUT2D eigenvalue weighted by Gasteiger charge is 2.32. The van der Waals surface area contributed by atoms with Crippen molar-refractivity contribution in [2.45, 2.75) is 51.6 Å². The highest BCUT2D eigenvalue weighted by atomic mass is 127. The van der Waals surface area contributed by atoms with E-state index in [2.05, 4.69) is 58.1 Å². The van der Waals surface area contributed by atoms with Crippen LogP contribution >= 0.6 is 24.0 Å². The van der Waals surface area contributed by atoms with Gasteiger partial charge in [0.05, 0.1) is 19.2 Å². The molecule has 8 heteroatoms. The van der Waals surface area contributed by atoms with E-state index in [4.69, 9.17) is 9.73 Å². The van der Waals surface area contributed by atoms with Crippen molar-refractivity contribution >= 4 is 41.7 Å². The van der Waals surface area contributed by atoms with Crippen LogP contribution in [0.25, 0.3) is 0 Å². The molecule has 2 aliphatic rings. The number of nitrogens with one attached hydrogen (secondary N) is 3. The fourth-order valence-electron chi connectivity index (χ4n) is 3.76. The summed E-state index contributed by atoms with van der Waals surface area (Å²) in [6.45, 7) is 7.74. The molecule has 7 nitrogen and oxygen atoms in total. The van der Waals surface area contributed by atoms with Crippen LogP contribution in [0.1, 0.15) is 39.5 Å². The van der Waals surface area contributed by atoms with Gasteiger partial charge in [-0.1, -0.05) is 18.2 Å². The molecule has 1 aliphatic heterocycles. The topological polar surface area (TPSA) is 78.0 Å². The summed E-state index contributed by atoms with van der Waals surface area (Å²) in [6, 6.07) is 11.0. The summed E-state index contributed by atoms with van der Waals surface area (Å²) in [6.07, 6.45) is 4.10. The zero-order chi connectivity index (χ0) is 20.5. The second kappa shape index (κ2) is 12.9. The Bertz CT molecular complexity index is 661. The molecule has 1 heterocycles. The van der Waals surface area contributed by atoms with Crippen molar-refractivity contribution in [1.29, 1.82) is 0 Å². The average Bonchev–Trinajstić information content (AvgIpc) is 3.58. The first-order valence-electron chi connectivity index (χ1n) is 11.0. The Morgan fingerprint density at radius 2 is 1.87 bits per heavy atom. The number of anilines is 1. The number of aliphatic imine (C=N–C) groups is 1. The van der Waals surface area contributed by atoms with E-state index in [0.29, 0.717) is 25.1 Å². The molecule has 168 valence electrons. The third-order valence-electron chi connectivity index (χ3n) is 5.52. The minimum absolute atomic E-state index is 0. The number of nitrogens with zero attached hydrogens (tertiary/aromatic N) is 2. The van der Waals surface area contributed by atoms with Gasteiger partial charge in [0.15, 0.2) is 5.96 Å². The third-order valence-corrected chi connectivity index (χ3v) is 5.52. The molecule has 0 aromatic heterocycles. The minimum atomic E-state index is -0.342. The zero-order valence-corrected chi connectivity index (χ0v) is 20.4. The fourth-order valence-corrected chi connectivity index (χ4v) is 3.76. The van der Waals surface area contributed by atoms with Crippen LogP contribution < -0.4 is 20.9 Å². The summed E-state index contributed by atoms with van der Waals surface area (Å²) in [7, 11) is 0. The van der Waals surface area contributed by atoms with Crippen molar-refractivity contribution in [3.63, 3.8) is 0 Å². The molecule has 1 saturated heterocycles. The lowest BCUT2D eigenvalue weighted by atomic mass is 10.0. The number of hydrogen-bond acceptors (Lipinski definition) is 4. The monoisotopic (exact) mass is 529 g/mol. The van der Waals surface area contributed by atoms with Gasteiger partial charge in [-0.05, 0) is 57.6 Å². The first kappa shape index (κ1) is 24.6. The van der Waals surface area contributed by atoms with Gasteiger partial charge < -0.3 is 25.6 Å². The molecule has 1 unspecified atom stereocenters. The maximum Gasteiger partial charge on any atom is 0.407 e. The molecule has 30 heavy (non-hydrogen) atoms. The number of halogens is 1. The van der Waals surface area contributed by atoms with E-state index < -0.39 is 0 Å². The first-order valence-corrected chi connectivity index (χ1v) is 11.0. The summed E-state index contributed by atoms with van der Waals surface area (Å²) < 4.78 is 5.04. The van der Waals surface area contributed by atoms with Gasteiger partial charge in [0.1, 0.15) is 0 Å². The predicted molar refractivity (Wildman–Crippen MR) is 133 cm³/mol. The Labute approximate surface area is 197 Å². The van der Waals surface area contributed by atoms with Gasteiger partial charge in [-0.2, -0.15) is 0 Å². The number of benzene rings is 1. The molecule has 0 bridgehead atoms. The fraction of sp³-hybridized carbons (Fsp3) is 0.636. The minimum Gasteiger partial charge on any atom is -0.450 e. The van der Waals surface area contributed by atoms with Crippen molar-refractivity contribution < 1.29 is 9.53 Å². The molecule has 1 atom stereocenters. The molecule has 3 N–H and O–H groups in total. The summed E-state index contributed by atoms with van der Waals surface area (Å²) in [5.41, 5.74) is 1.30. The van der Waals surface area contributed by atoms with Crippen molar-refractivity contribution in [2.75, 3.05) is 37.7 Å². The number of para-hydroxylation sites is 1. The number of carbonyl (C=O) groups is 1. The van der Waals surface area contributed by atoms with Crippen LogP contribution in [-0.2, 0) is 4.74 Å². The molecule has 1 aromatic rings. The van der Waals surface area contributed by atoms with E-state index in [9.17, 15) is 4.79 Å². The SMILES string of the molecule is CCNC(=NCC(NC(=O)OCC)C1CC1)NC1CCN(c2ccccc2)CC1.I. The van der Waals surface area contributed by atoms with Crippen LogP contribution in [0.2, 0.25) is 0 Å². The maximum atomic E-state index is 11.8. The summed E-state index contributed by atoms with van der Waals surface area (Å²) in [5, 5.41) is 9.91. The number of amides is 1. The molecule has 1 aromatic carbocycles. The molecule has 0 spiro atoms. The van der Waals surface area contributed by atoms with E-state index in [0.717, 1.165) is 51.3 Å². The Morgan fingerprint density at radius 3 is 2.47 bits per heavy atom. The largest absolute Gasteiger partial charge is 0.450 e. The second-order valence-corrected chi connectivity index (χ2v) is 7.77. The smallest absolute Gasteiger partial charge is 0.407 e. The van der Waals surface area contributed by atoms with Gasteiger partial charge in [-0.3, -0.25) is 4.99 Å². The third kappa shape index (κ3) is 7.85. The van der Waals surface area contributed by atoms with Gasteiger partial charge in [-0.25, -0.2) is 4.79 Å². The lowest BCUT2D eigenvalue weighted by Gasteiger charge is -2.34. The first-order chi connectivity index (χ1) is 14.2. The highest BCUT2D eigenvalue weighted by molar-refractivity contribution is 14.0. The lowest BCUT2D eigenvalue weighted by Crippen LogP contribution is -2.49. The number of rotatable bonds is 8. The van der Waals surface area contributed by atoms with Gasteiger partial charge in [0.2, 0.25) is 0 Å². The molecule has 0 radical (unpaired) electrons. The molecule has 2 fully saturated rings. The highest BCUT2D eigenvalue weighted by Crippen LogP contribution is 2.32. The van der Waals surface area contributed by atoms with Crippen LogP contribution in [0.15, 0.2) is 35.3 Å². The van der Waals surface area contributed by atoms with Gasteiger partial charge >= 0.3 is 6.09 Å². The van der Waals surface area contributed by atoms with Gasteiger partial charge in [-0.15, -0.1) is 24.0 Å². The van der Waals surface area contributed by atoms with Crippen LogP contribution in [-0.4, -0.2) is 56.9 Å². The van der Waals surface area contributed by atoms with Gasteiger partial charge in [0.25, 0.3) is 0 Å². The van der Waals surface area contributed by atoms with Crippen molar-refractivity contribution in [1.82, 2.24) is 16.0 Å². The van der Waals surface area contributed by atoms with Crippen molar-refractivity contribution in [2.24, 2.45) is 10.9 Å². The van der Waals surface area contributed by atoms with Crippen LogP contribution in [0.3, 0.4) is 0 Å². The van der Waals surface area contributed by atoms with E-state index in [1.54, 1.807) is 0 Å². The Kier molecular flexibility index (Phi) is 10.5. The number of alkyl carbamates (subject to hydrolysis) is 1. The number of carbonyl (C=O) groups excluding carboxylic acids is 1. The van der Waals surface area contributed by atoms with Crippen molar-refractivity contribution in [3.8, 4) is 0 Å². The number of piperidine rings is 1. The second-order valence-electron chi connectivity index (χ2n) is 7.77. The number of hydrogen-bond donors (Lipinski definition) is 3. The number of guanidine groups is 1. The molecule has 3 rings (SSSR count). The Balaban J connectivity index is 0.00000320. The summed E-state index contributed by atoms with van der Waals surface area (Å²) in [5.74, 6) is 1.35. The van der Waals surface area contributed by atoms with Gasteiger partial charge in [0, 0.05) is 31.4 Å². The quantitative estimate of drug-likeness (QED) is 0.274. The molecule has 1 saturated carbocycles. The average molecular weight is 529 g/mol. The molecule has 1 aliphatic carbocycles. The number of ether oxygens (including phenoxy) is 1. The Hall–Kier alpha value is -1.71. The summed E-state index contributed by atoms with van der Waals surface area (Å²) >= 11 is 0.